The normalized spacial score (nSPS) is 13.3. The lowest BCUT2D eigenvalue weighted by atomic mass is 9.75. The van der Waals surface area contributed by atoms with Gasteiger partial charge in [0.15, 0.2) is 19.2 Å². The van der Waals surface area contributed by atoms with Crippen molar-refractivity contribution in [2.45, 2.75) is 52.1 Å². The van der Waals surface area contributed by atoms with Crippen LogP contribution in [0.3, 0.4) is 0 Å². The van der Waals surface area contributed by atoms with E-state index in [0.29, 0.717) is 89.9 Å². The standard InChI is InChI=1S/C15H18BNO4.C9H8BNO3.C9H9BO5.C9H6BrNO2.C7H5BrO2.C2H2BrN/c1-14(2)15(3,4)21-16(20-14)13-11(9-18)7-6-8-12(13)19-10-17-5;1-11-6-13-8-4-2-3-7-5-14-10(12)9(7)8;11-8(12)5-14-7-3-1-2-6-4-15-10(13)9(6)7;1-11-6-13-8-4-2-3-7(5-12)9(8)10;8-7-5(4-9)2-1-3-6(7)10;3-1-2-4/h6-9H,10H2,1-4H3;2-4,12H,5-6H2;1-3,13H,4-5H2,(H,11,12);2-5H,6H2;1-4,10H;1H2. The minimum absolute atomic E-state index is 0.0385. The summed E-state index contributed by atoms with van der Waals surface area (Å²) < 4.78 is 43.7. The number of ether oxygens (including phenoxy) is 4. The zero-order valence-electron chi connectivity index (χ0n) is 41.7. The number of carboxylic acid groups (broad SMARTS) is 1. The van der Waals surface area contributed by atoms with Crippen LogP contribution in [0.1, 0.15) is 69.9 Å². The van der Waals surface area contributed by atoms with E-state index in [1.807, 2.05) is 45.9 Å². The fourth-order valence-electron chi connectivity index (χ4n) is 6.55. The molecule has 1 fully saturated rings. The molecule has 20 nitrogen and oxygen atoms in total. The summed E-state index contributed by atoms with van der Waals surface area (Å²) in [7, 11) is -2.64. The molecule has 3 aliphatic heterocycles. The molecule has 0 bridgehead atoms. The molecule has 0 spiro atoms. The second-order valence-corrected chi connectivity index (χ2v) is 18.4. The summed E-state index contributed by atoms with van der Waals surface area (Å²) in [6.45, 7) is 27.8. The van der Waals surface area contributed by atoms with Crippen molar-refractivity contribution in [3.05, 3.63) is 162 Å². The highest BCUT2D eigenvalue weighted by molar-refractivity contribution is 9.11. The lowest BCUT2D eigenvalue weighted by molar-refractivity contribution is -0.139. The highest BCUT2D eigenvalue weighted by Crippen LogP contribution is 2.37. The average molecular weight is 1250 g/mol. The van der Waals surface area contributed by atoms with Crippen LogP contribution in [-0.4, -0.2) is 110 Å². The minimum Gasteiger partial charge on any atom is -0.507 e. The molecule has 0 aromatic heterocycles. The number of benzene rings is 5. The van der Waals surface area contributed by atoms with Gasteiger partial charge >= 0.3 is 47.5 Å². The minimum atomic E-state index is -1.05. The fourth-order valence-corrected chi connectivity index (χ4v) is 7.38. The van der Waals surface area contributed by atoms with Crippen LogP contribution in [0.2, 0.25) is 0 Å². The number of phenols is 1. The maximum atomic E-state index is 11.3. The molecule has 0 radical (unpaired) electrons. The summed E-state index contributed by atoms with van der Waals surface area (Å²) in [5, 5.41) is 44.5. The van der Waals surface area contributed by atoms with Crippen molar-refractivity contribution in [3.63, 3.8) is 0 Å². The van der Waals surface area contributed by atoms with Gasteiger partial charge in [-0.3, -0.25) is 28.9 Å². The third-order valence-electron chi connectivity index (χ3n) is 10.8. The van der Waals surface area contributed by atoms with Crippen LogP contribution < -0.4 is 35.3 Å². The Labute approximate surface area is 471 Å². The number of alkyl halides is 1. The van der Waals surface area contributed by atoms with Crippen LogP contribution in [0.25, 0.3) is 14.5 Å². The summed E-state index contributed by atoms with van der Waals surface area (Å²) in [4.78, 5) is 51.7. The van der Waals surface area contributed by atoms with Gasteiger partial charge < -0.3 is 57.8 Å². The smallest absolute Gasteiger partial charge is 0.499 e. The molecule has 0 amide bonds. The molecule has 4 N–H and O–H groups in total. The largest absolute Gasteiger partial charge is 0.507 e. The van der Waals surface area contributed by atoms with E-state index in [0.717, 1.165) is 23.7 Å². The molecule has 26 heteroatoms. The number of nitriles is 1. The van der Waals surface area contributed by atoms with Gasteiger partial charge in [0, 0.05) is 33.1 Å². The van der Waals surface area contributed by atoms with Gasteiger partial charge in [0.2, 0.25) is 0 Å². The average Bonchev–Trinajstić information content (AvgIpc) is 4.07. The summed E-state index contributed by atoms with van der Waals surface area (Å²) in [5.41, 5.74) is 3.85. The number of aromatic hydroxyl groups is 1. The Hall–Kier alpha value is -7.07. The van der Waals surface area contributed by atoms with Gasteiger partial charge in [0.1, 0.15) is 35.0 Å². The molecule has 0 atom stereocenters. The maximum Gasteiger partial charge on any atom is 0.499 e. The molecule has 5 aromatic rings. The van der Waals surface area contributed by atoms with E-state index < -0.39 is 45.1 Å². The second-order valence-electron chi connectivity index (χ2n) is 16.3. The van der Waals surface area contributed by atoms with Crippen molar-refractivity contribution in [1.29, 1.82) is 5.26 Å². The summed E-state index contributed by atoms with van der Waals surface area (Å²) in [6, 6.07) is 27.3. The first-order valence-electron chi connectivity index (χ1n) is 22.4. The monoisotopic (exact) mass is 1240 g/mol. The number of hydrogen-bond donors (Lipinski definition) is 4. The van der Waals surface area contributed by atoms with E-state index >= 15 is 0 Å². The Bertz CT molecular complexity index is 2990. The van der Waals surface area contributed by atoms with Crippen LogP contribution >= 0.6 is 47.8 Å². The highest BCUT2D eigenvalue weighted by Gasteiger charge is 2.53. The molecule has 0 aliphatic carbocycles. The van der Waals surface area contributed by atoms with Crippen molar-refractivity contribution in [3.8, 4) is 34.8 Å². The first-order chi connectivity index (χ1) is 36.8. The van der Waals surface area contributed by atoms with E-state index in [9.17, 15) is 29.2 Å². The summed E-state index contributed by atoms with van der Waals surface area (Å²) in [6.07, 6.45) is 2.16. The number of nitrogens with zero attached hydrogens (tertiary/aromatic N) is 4. The van der Waals surface area contributed by atoms with E-state index in [1.54, 1.807) is 72.8 Å². The number of rotatable bonds is 13. The molecular formula is C51H48B3Br3N4O16. The summed E-state index contributed by atoms with van der Waals surface area (Å²) in [5.74, 6) is 0.878. The number of carbonyl (C=O) groups is 4. The Morgan fingerprint density at radius 1 is 0.649 bits per heavy atom. The van der Waals surface area contributed by atoms with Gasteiger partial charge in [-0.1, -0.05) is 76.6 Å². The first kappa shape index (κ1) is 64.2. The quantitative estimate of drug-likeness (QED) is 0.0401. The number of carboxylic acids is 1. The Balaban J connectivity index is 0.000000253. The lowest BCUT2D eigenvalue weighted by Gasteiger charge is -2.32. The van der Waals surface area contributed by atoms with Gasteiger partial charge in [-0.2, -0.15) is 5.26 Å². The fraction of sp³-hybridized carbons (Fsp3) is 0.255. The Morgan fingerprint density at radius 3 is 1.44 bits per heavy atom. The third kappa shape index (κ3) is 18.9. The maximum absolute atomic E-state index is 11.3. The molecule has 3 heterocycles. The molecular weight excluding hydrogens is 1200 g/mol. The predicted octanol–water partition coefficient (Wildman–Crippen LogP) is 6.97. The topological polar surface area (TPSA) is 260 Å². The van der Waals surface area contributed by atoms with Crippen LogP contribution in [0.5, 0.6) is 28.7 Å². The number of aliphatic carboxylic acids is 1. The van der Waals surface area contributed by atoms with E-state index in [2.05, 4.69) is 62.3 Å². The lowest BCUT2D eigenvalue weighted by Crippen LogP contribution is -2.41. The van der Waals surface area contributed by atoms with Crippen molar-refractivity contribution in [1.82, 2.24) is 0 Å². The predicted molar refractivity (Wildman–Crippen MR) is 295 cm³/mol. The first-order valence-corrected chi connectivity index (χ1v) is 25.1. The number of phenolic OH excluding ortho intramolecular Hbond substituents is 1. The number of fused-ring (bicyclic) bond motifs is 2. The third-order valence-corrected chi connectivity index (χ3v) is 12.8. The van der Waals surface area contributed by atoms with E-state index in [-0.39, 0.29) is 25.9 Å². The van der Waals surface area contributed by atoms with Crippen LogP contribution in [-0.2, 0) is 36.6 Å². The molecule has 0 unspecified atom stereocenters. The number of aldehydes is 3. The molecule has 5 aromatic carbocycles. The second kappa shape index (κ2) is 32.5. The van der Waals surface area contributed by atoms with Gasteiger partial charge in [0.05, 0.1) is 44.8 Å². The van der Waals surface area contributed by atoms with E-state index in [4.69, 9.17) is 72.8 Å². The zero-order valence-corrected chi connectivity index (χ0v) is 46.4. The van der Waals surface area contributed by atoms with Gasteiger partial charge in [-0.05, 0) is 101 Å². The molecule has 77 heavy (non-hydrogen) atoms. The number of halogens is 3. The van der Waals surface area contributed by atoms with Crippen molar-refractivity contribution in [2.75, 3.05) is 32.1 Å². The Kier molecular flexibility index (Phi) is 27.1. The summed E-state index contributed by atoms with van der Waals surface area (Å²) >= 11 is 9.16. The number of hydrogen-bond acceptors (Lipinski definition) is 16. The van der Waals surface area contributed by atoms with Crippen LogP contribution in [0, 0.1) is 31.0 Å². The van der Waals surface area contributed by atoms with E-state index in [1.165, 1.54) is 6.07 Å². The van der Waals surface area contributed by atoms with Crippen LogP contribution in [0.4, 0.5) is 0 Å². The zero-order chi connectivity index (χ0) is 57.1. The van der Waals surface area contributed by atoms with Gasteiger partial charge in [-0.15, -0.1) is 0 Å². The molecule has 1 saturated heterocycles. The van der Waals surface area contributed by atoms with Crippen molar-refractivity contribution in [2.24, 2.45) is 0 Å². The molecule has 3 aliphatic rings. The van der Waals surface area contributed by atoms with Gasteiger partial charge in [0.25, 0.3) is 0 Å². The molecule has 0 saturated carbocycles. The van der Waals surface area contributed by atoms with Crippen LogP contribution in [0.15, 0.2) is 99.9 Å². The highest BCUT2D eigenvalue weighted by atomic mass is 79.9. The number of carbonyl (C=O) groups excluding carboxylic acids is 3. The van der Waals surface area contributed by atoms with Gasteiger partial charge in [-0.25, -0.2) is 24.5 Å². The van der Waals surface area contributed by atoms with Crippen molar-refractivity contribution >= 4 is 110 Å². The molecule has 398 valence electrons. The SMILES string of the molecule is N#CCBr.O=C(O)COc1cccc2c1B(O)OC2.O=Cc1cccc(O)c1Br.[C-]#[N+]COc1cccc(C=O)c1B1OC(C)(C)C(C)(C)O1.[C-]#[N+]COc1cccc(C=O)c1Br.[C-]#[N+]COc1cccc2c1B(O)OC2. The van der Waals surface area contributed by atoms with Crippen molar-refractivity contribution < 1.29 is 77.0 Å². The molecule has 8 rings (SSSR count). The Morgan fingerprint density at radius 2 is 1.03 bits per heavy atom.